The first-order valence-corrected chi connectivity index (χ1v) is 13.3. The number of carbonyl (C=O) groups excluding carboxylic acids is 2. The SMILES string of the molecule is CCn1ccnc1CN1C[C@@H]2NC(=O)CCNC(=O)CCc3ccc(cc3)Oc3cccc(c3)CO[C@H]2C1. The van der Waals surface area contributed by atoms with Crippen molar-refractivity contribution in [3.63, 3.8) is 0 Å². The first-order valence-electron chi connectivity index (χ1n) is 13.3. The van der Waals surface area contributed by atoms with E-state index in [-0.39, 0.29) is 30.4 Å². The van der Waals surface area contributed by atoms with Gasteiger partial charge in [0.15, 0.2) is 0 Å². The third kappa shape index (κ3) is 6.79. The van der Waals surface area contributed by atoms with E-state index in [9.17, 15) is 9.59 Å². The van der Waals surface area contributed by atoms with Crippen LogP contribution in [0.25, 0.3) is 0 Å². The number of fused-ring (bicyclic) bond motifs is 10. The second-order valence-electron chi connectivity index (χ2n) is 9.84. The monoisotopic (exact) mass is 517 g/mol. The molecule has 9 nitrogen and oxygen atoms in total. The largest absolute Gasteiger partial charge is 0.457 e. The molecule has 0 unspecified atom stereocenters. The Hall–Kier alpha value is -3.69. The van der Waals surface area contributed by atoms with E-state index in [1.165, 1.54) is 0 Å². The molecule has 3 aliphatic heterocycles. The second kappa shape index (κ2) is 12.2. The van der Waals surface area contributed by atoms with Crippen LogP contribution in [0.3, 0.4) is 0 Å². The molecule has 3 aromatic rings. The Morgan fingerprint density at radius 2 is 1.84 bits per heavy atom. The molecule has 4 bridgehead atoms. The van der Waals surface area contributed by atoms with Crippen LogP contribution in [-0.2, 0) is 40.4 Å². The van der Waals surface area contributed by atoms with Crippen molar-refractivity contribution < 1.29 is 19.1 Å². The summed E-state index contributed by atoms with van der Waals surface area (Å²) in [5, 5.41) is 6.01. The van der Waals surface area contributed by atoms with Gasteiger partial charge in [-0.05, 0) is 48.7 Å². The molecule has 38 heavy (non-hydrogen) atoms. The maximum Gasteiger partial charge on any atom is 0.222 e. The van der Waals surface area contributed by atoms with E-state index >= 15 is 0 Å². The molecule has 6 rings (SSSR count). The number of rotatable bonds is 3. The highest BCUT2D eigenvalue weighted by Crippen LogP contribution is 2.24. The number of nitrogens with one attached hydrogen (secondary N) is 2. The van der Waals surface area contributed by atoms with Crippen molar-refractivity contribution in [2.24, 2.45) is 0 Å². The zero-order valence-electron chi connectivity index (χ0n) is 21.8. The third-order valence-corrected chi connectivity index (χ3v) is 7.03. The van der Waals surface area contributed by atoms with Crippen molar-refractivity contribution in [3.8, 4) is 11.5 Å². The van der Waals surface area contributed by atoms with Crippen LogP contribution < -0.4 is 15.4 Å². The molecule has 0 aliphatic carbocycles. The highest BCUT2D eigenvalue weighted by Gasteiger charge is 2.35. The molecule has 1 saturated heterocycles. The number of likely N-dealkylation sites (tertiary alicyclic amines) is 1. The van der Waals surface area contributed by atoms with E-state index in [0.29, 0.717) is 45.6 Å². The van der Waals surface area contributed by atoms with Gasteiger partial charge in [-0.15, -0.1) is 0 Å². The standard InChI is InChI=1S/C29H35N5O4/c1-2-34-15-14-30-27(34)19-33-17-25-26(18-33)37-20-22-4-3-5-24(16-22)38-23-9-6-21(7-10-23)8-11-28(35)31-13-12-29(36)32-25/h3-7,9-10,14-16,25-26H,2,8,11-13,17-20H2,1H3,(H,31,35)(H,32,36)/t25-,26-/m0/s1. The fourth-order valence-electron chi connectivity index (χ4n) is 4.97. The molecular weight excluding hydrogens is 482 g/mol. The highest BCUT2D eigenvalue weighted by atomic mass is 16.5. The molecule has 2 aromatic carbocycles. The van der Waals surface area contributed by atoms with E-state index in [1.807, 2.05) is 60.9 Å². The Balaban J connectivity index is 1.32. The zero-order valence-corrected chi connectivity index (χ0v) is 21.8. The minimum absolute atomic E-state index is 0.0657. The molecule has 3 aliphatic rings. The Bertz CT molecular complexity index is 1240. The number of hydrogen-bond donors (Lipinski definition) is 2. The minimum Gasteiger partial charge on any atom is -0.457 e. The van der Waals surface area contributed by atoms with E-state index < -0.39 is 0 Å². The lowest BCUT2D eigenvalue weighted by Crippen LogP contribution is -2.44. The quantitative estimate of drug-likeness (QED) is 0.554. The van der Waals surface area contributed by atoms with Crippen LogP contribution in [0.2, 0.25) is 0 Å². The number of amides is 2. The number of ether oxygens (including phenoxy) is 2. The van der Waals surface area contributed by atoms with Crippen LogP contribution in [0, 0.1) is 0 Å². The van der Waals surface area contributed by atoms with Crippen LogP contribution in [-0.4, -0.2) is 58.0 Å². The van der Waals surface area contributed by atoms with E-state index in [2.05, 4.69) is 32.0 Å². The molecule has 2 atom stereocenters. The van der Waals surface area contributed by atoms with Gasteiger partial charge in [-0.1, -0.05) is 24.3 Å². The Labute approximate surface area is 223 Å². The maximum absolute atomic E-state index is 12.8. The van der Waals surface area contributed by atoms with Gasteiger partial charge in [0, 0.05) is 51.4 Å². The van der Waals surface area contributed by atoms with Crippen LogP contribution >= 0.6 is 0 Å². The maximum atomic E-state index is 12.8. The second-order valence-corrected chi connectivity index (χ2v) is 9.84. The molecule has 0 spiro atoms. The Morgan fingerprint density at radius 1 is 0.974 bits per heavy atom. The summed E-state index contributed by atoms with van der Waals surface area (Å²) < 4.78 is 14.6. The predicted molar refractivity (Wildman–Crippen MR) is 143 cm³/mol. The molecule has 200 valence electrons. The summed E-state index contributed by atoms with van der Waals surface area (Å²) in [7, 11) is 0. The Morgan fingerprint density at radius 3 is 2.68 bits per heavy atom. The summed E-state index contributed by atoms with van der Waals surface area (Å²) >= 11 is 0. The number of aryl methyl sites for hydroxylation is 2. The van der Waals surface area contributed by atoms with Gasteiger partial charge in [0.2, 0.25) is 11.8 Å². The van der Waals surface area contributed by atoms with Crippen molar-refractivity contribution in [3.05, 3.63) is 77.9 Å². The van der Waals surface area contributed by atoms with Crippen molar-refractivity contribution in [1.82, 2.24) is 25.1 Å². The molecular formula is C29H35N5O4. The Kier molecular flexibility index (Phi) is 8.35. The molecule has 1 aromatic heterocycles. The molecule has 0 saturated carbocycles. The van der Waals surface area contributed by atoms with Gasteiger partial charge >= 0.3 is 0 Å². The summed E-state index contributed by atoms with van der Waals surface area (Å²) in [4.78, 5) is 31.9. The number of imidazole rings is 1. The molecule has 2 amide bonds. The molecule has 9 heteroatoms. The lowest BCUT2D eigenvalue weighted by atomic mass is 10.1. The average Bonchev–Trinajstić information content (AvgIpc) is 3.53. The van der Waals surface area contributed by atoms with Crippen molar-refractivity contribution in [2.75, 3.05) is 19.6 Å². The van der Waals surface area contributed by atoms with Gasteiger partial charge in [-0.3, -0.25) is 14.5 Å². The number of aromatic nitrogens is 2. The van der Waals surface area contributed by atoms with Crippen molar-refractivity contribution >= 4 is 11.8 Å². The highest BCUT2D eigenvalue weighted by molar-refractivity contribution is 5.79. The molecule has 0 radical (unpaired) electrons. The van der Waals surface area contributed by atoms with Crippen LogP contribution in [0.4, 0.5) is 0 Å². The predicted octanol–water partition coefficient (Wildman–Crippen LogP) is 3.03. The topological polar surface area (TPSA) is 97.7 Å². The van der Waals surface area contributed by atoms with E-state index in [1.54, 1.807) is 0 Å². The number of hydrogen-bond acceptors (Lipinski definition) is 6. The summed E-state index contributed by atoms with van der Waals surface area (Å²) in [6, 6.07) is 15.5. The number of nitrogens with zero attached hydrogens (tertiary/aromatic N) is 3. The molecule has 1 fully saturated rings. The van der Waals surface area contributed by atoms with Gasteiger partial charge in [0.05, 0.1) is 25.3 Å². The summed E-state index contributed by atoms with van der Waals surface area (Å²) in [5.74, 6) is 2.31. The molecule has 2 N–H and O–H groups in total. The lowest BCUT2D eigenvalue weighted by molar-refractivity contribution is -0.123. The minimum atomic E-state index is -0.179. The van der Waals surface area contributed by atoms with E-state index in [4.69, 9.17) is 9.47 Å². The normalized spacial score (nSPS) is 21.3. The number of carbonyl (C=O) groups is 2. The zero-order chi connectivity index (χ0) is 26.3. The smallest absolute Gasteiger partial charge is 0.222 e. The first-order chi connectivity index (χ1) is 18.6. The number of benzene rings is 2. The van der Waals surface area contributed by atoms with Gasteiger partial charge in [0.1, 0.15) is 17.3 Å². The molecule has 4 heterocycles. The van der Waals surface area contributed by atoms with Gasteiger partial charge < -0.3 is 24.7 Å². The van der Waals surface area contributed by atoms with Crippen LogP contribution in [0.1, 0.15) is 36.7 Å². The first kappa shape index (κ1) is 25.9. The van der Waals surface area contributed by atoms with E-state index in [0.717, 1.165) is 35.0 Å². The van der Waals surface area contributed by atoms with Crippen molar-refractivity contribution in [1.29, 1.82) is 0 Å². The average molecular weight is 518 g/mol. The van der Waals surface area contributed by atoms with Gasteiger partial charge in [-0.2, -0.15) is 0 Å². The summed E-state index contributed by atoms with van der Waals surface area (Å²) in [6.07, 6.45) is 4.84. The van der Waals surface area contributed by atoms with Crippen LogP contribution in [0.15, 0.2) is 60.9 Å². The van der Waals surface area contributed by atoms with Crippen LogP contribution in [0.5, 0.6) is 11.5 Å². The fourth-order valence-corrected chi connectivity index (χ4v) is 4.97. The third-order valence-electron chi connectivity index (χ3n) is 7.03. The fraction of sp³-hybridized carbons (Fsp3) is 0.414. The summed E-state index contributed by atoms with van der Waals surface area (Å²) in [5.41, 5.74) is 2.06. The van der Waals surface area contributed by atoms with Crippen molar-refractivity contribution in [2.45, 2.75) is 58.0 Å². The summed E-state index contributed by atoms with van der Waals surface area (Å²) in [6.45, 7) is 5.70. The van der Waals surface area contributed by atoms with Gasteiger partial charge in [-0.25, -0.2) is 4.98 Å². The lowest BCUT2D eigenvalue weighted by Gasteiger charge is -2.21. The van der Waals surface area contributed by atoms with Gasteiger partial charge in [0.25, 0.3) is 0 Å².